The van der Waals surface area contributed by atoms with Crippen LogP contribution in [0.4, 0.5) is 0 Å². The van der Waals surface area contributed by atoms with Gasteiger partial charge in [0.05, 0.1) is 12.9 Å². The van der Waals surface area contributed by atoms with E-state index in [1.807, 2.05) is 6.08 Å². The predicted molar refractivity (Wildman–Crippen MR) is 118 cm³/mol. The van der Waals surface area contributed by atoms with Crippen molar-refractivity contribution in [2.75, 3.05) is 13.2 Å². The topological polar surface area (TPSA) is 79.2 Å². The molecule has 1 fully saturated rings. The van der Waals surface area contributed by atoms with Crippen LogP contribution in [0.1, 0.15) is 103 Å². The summed E-state index contributed by atoms with van der Waals surface area (Å²) in [7, 11) is 0. The number of rotatable bonds is 19. The van der Waals surface area contributed by atoms with Gasteiger partial charge in [-0.1, -0.05) is 90.4 Å². The molecule has 0 aromatic carbocycles. The average Bonchev–Trinajstić information content (AvgIpc) is 3.05. The molecule has 1 heterocycles. The third-order valence-corrected chi connectivity index (χ3v) is 5.75. The van der Waals surface area contributed by atoms with Gasteiger partial charge in [-0.25, -0.2) is 0 Å². The maximum absolute atomic E-state index is 9.92. The fraction of sp³-hybridized carbons (Fsp3) is 0.917. The van der Waals surface area contributed by atoms with Gasteiger partial charge >= 0.3 is 0 Å². The lowest BCUT2D eigenvalue weighted by Gasteiger charge is -2.20. The van der Waals surface area contributed by atoms with Crippen LogP contribution in [0, 0.1) is 0 Å². The van der Waals surface area contributed by atoms with Gasteiger partial charge in [0, 0.05) is 0 Å². The lowest BCUT2D eigenvalue weighted by Crippen LogP contribution is -2.40. The highest BCUT2D eigenvalue weighted by molar-refractivity contribution is 4.88. The van der Waals surface area contributed by atoms with E-state index in [0.29, 0.717) is 0 Å². The first-order chi connectivity index (χ1) is 14.2. The maximum atomic E-state index is 9.92. The standard InChI is InChI=1S/C24H46O5/c1-2-3-4-5-6-7-8-9-10-11-12-13-14-15-16-17-18-28-19-22(26)24-23(27)21(25)20-29-24/h17-18,21-27H,2-16,19-20H2,1H3/b18-17+/t21-,22+,23+,24+/m0/s1. The molecule has 172 valence electrons. The largest absolute Gasteiger partial charge is 0.499 e. The molecule has 0 saturated carbocycles. The Balaban J connectivity index is 1.79. The molecular formula is C24H46O5. The number of aliphatic hydroxyl groups is 3. The monoisotopic (exact) mass is 414 g/mol. The van der Waals surface area contributed by atoms with Crippen molar-refractivity contribution in [3.8, 4) is 0 Å². The van der Waals surface area contributed by atoms with Gasteiger partial charge < -0.3 is 24.8 Å². The minimum Gasteiger partial charge on any atom is -0.499 e. The second-order valence-corrected chi connectivity index (χ2v) is 8.51. The highest BCUT2D eigenvalue weighted by Crippen LogP contribution is 2.18. The molecule has 0 aliphatic carbocycles. The van der Waals surface area contributed by atoms with Gasteiger partial charge in [0.2, 0.25) is 0 Å². The van der Waals surface area contributed by atoms with E-state index in [-0.39, 0.29) is 13.2 Å². The summed E-state index contributed by atoms with van der Waals surface area (Å²) in [5, 5.41) is 29.0. The van der Waals surface area contributed by atoms with E-state index < -0.39 is 24.4 Å². The lowest BCUT2D eigenvalue weighted by molar-refractivity contribution is -0.0703. The van der Waals surface area contributed by atoms with Crippen LogP contribution >= 0.6 is 0 Å². The fourth-order valence-corrected chi connectivity index (χ4v) is 3.81. The summed E-state index contributed by atoms with van der Waals surface area (Å²) in [6.45, 7) is 2.38. The Kier molecular flexibility index (Phi) is 16.6. The van der Waals surface area contributed by atoms with Crippen molar-refractivity contribution in [1.29, 1.82) is 0 Å². The smallest absolute Gasteiger partial charge is 0.117 e. The average molecular weight is 415 g/mol. The summed E-state index contributed by atoms with van der Waals surface area (Å²) in [6, 6.07) is 0. The summed E-state index contributed by atoms with van der Waals surface area (Å²) in [6.07, 6.45) is 20.0. The summed E-state index contributed by atoms with van der Waals surface area (Å²) in [4.78, 5) is 0. The molecule has 5 nitrogen and oxygen atoms in total. The van der Waals surface area contributed by atoms with Crippen LogP contribution in [-0.4, -0.2) is 52.9 Å². The van der Waals surface area contributed by atoms with E-state index in [1.165, 1.54) is 83.5 Å². The highest BCUT2D eigenvalue weighted by atomic mass is 16.5. The van der Waals surface area contributed by atoms with Crippen LogP contribution in [-0.2, 0) is 9.47 Å². The molecule has 1 aliphatic rings. The first-order valence-electron chi connectivity index (χ1n) is 12.1. The van der Waals surface area contributed by atoms with E-state index in [4.69, 9.17) is 9.47 Å². The number of unbranched alkanes of at least 4 members (excludes halogenated alkanes) is 14. The number of ether oxygens (including phenoxy) is 2. The van der Waals surface area contributed by atoms with Gasteiger partial charge in [0.25, 0.3) is 0 Å². The number of hydrogen-bond acceptors (Lipinski definition) is 5. The number of aliphatic hydroxyl groups excluding tert-OH is 3. The van der Waals surface area contributed by atoms with Gasteiger partial charge in [-0.15, -0.1) is 0 Å². The molecule has 5 heteroatoms. The molecule has 4 atom stereocenters. The molecule has 0 radical (unpaired) electrons. The van der Waals surface area contributed by atoms with E-state index in [0.717, 1.165) is 12.8 Å². The summed E-state index contributed by atoms with van der Waals surface area (Å²) in [5.74, 6) is 0. The quantitative estimate of drug-likeness (QED) is 0.208. The predicted octanol–water partition coefficient (Wildman–Crippen LogP) is 4.87. The number of allylic oxidation sites excluding steroid dienone is 1. The molecule has 0 bridgehead atoms. The second kappa shape index (κ2) is 18.2. The van der Waals surface area contributed by atoms with E-state index in [2.05, 4.69) is 6.92 Å². The number of hydrogen-bond donors (Lipinski definition) is 3. The summed E-state index contributed by atoms with van der Waals surface area (Å²) in [5.41, 5.74) is 0. The molecule has 0 spiro atoms. The first kappa shape index (κ1) is 26.4. The molecule has 29 heavy (non-hydrogen) atoms. The van der Waals surface area contributed by atoms with E-state index in [9.17, 15) is 15.3 Å². The highest BCUT2D eigenvalue weighted by Gasteiger charge is 2.39. The van der Waals surface area contributed by atoms with Crippen LogP contribution < -0.4 is 0 Å². The Morgan fingerprint density at radius 1 is 0.862 bits per heavy atom. The van der Waals surface area contributed by atoms with Crippen LogP contribution in [0.15, 0.2) is 12.3 Å². The van der Waals surface area contributed by atoms with Crippen LogP contribution in [0.2, 0.25) is 0 Å². The third kappa shape index (κ3) is 13.3. The van der Waals surface area contributed by atoms with E-state index in [1.54, 1.807) is 6.26 Å². The van der Waals surface area contributed by atoms with Crippen LogP contribution in [0.25, 0.3) is 0 Å². The molecule has 1 saturated heterocycles. The molecule has 3 N–H and O–H groups in total. The van der Waals surface area contributed by atoms with E-state index >= 15 is 0 Å². The van der Waals surface area contributed by atoms with Gasteiger partial charge in [0.15, 0.2) is 0 Å². The van der Waals surface area contributed by atoms with Crippen molar-refractivity contribution in [2.24, 2.45) is 0 Å². The van der Waals surface area contributed by atoms with Crippen molar-refractivity contribution < 1.29 is 24.8 Å². The van der Waals surface area contributed by atoms with Gasteiger partial charge in [0.1, 0.15) is 31.0 Å². The minimum absolute atomic E-state index is 0.0534. The normalized spacial score (nSPS) is 23.1. The zero-order chi connectivity index (χ0) is 21.2. The van der Waals surface area contributed by atoms with Gasteiger partial charge in [-0.2, -0.15) is 0 Å². The second-order valence-electron chi connectivity index (χ2n) is 8.51. The molecule has 1 aliphatic heterocycles. The minimum atomic E-state index is -1.05. The van der Waals surface area contributed by atoms with Crippen molar-refractivity contribution in [3.63, 3.8) is 0 Å². The zero-order valence-corrected chi connectivity index (χ0v) is 18.6. The third-order valence-electron chi connectivity index (χ3n) is 5.75. The molecule has 1 rings (SSSR count). The lowest BCUT2D eigenvalue weighted by atomic mass is 10.0. The Bertz CT molecular complexity index is 387. The van der Waals surface area contributed by atoms with Gasteiger partial charge in [-0.3, -0.25) is 0 Å². The molecule has 0 aromatic rings. The molecule has 0 unspecified atom stereocenters. The van der Waals surface area contributed by atoms with Crippen molar-refractivity contribution in [2.45, 2.75) is 128 Å². The summed E-state index contributed by atoms with van der Waals surface area (Å²) < 4.78 is 10.5. The fourth-order valence-electron chi connectivity index (χ4n) is 3.81. The SMILES string of the molecule is CCCCCCCCCCCCCCCC/C=C/OC[C@@H](O)[C@H]1OC[C@H](O)[C@H]1O. The molecular weight excluding hydrogens is 368 g/mol. The van der Waals surface area contributed by atoms with Gasteiger partial charge in [-0.05, 0) is 18.9 Å². The Labute approximate surface area is 178 Å². The Morgan fingerprint density at radius 2 is 1.38 bits per heavy atom. The van der Waals surface area contributed by atoms with Crippen LogP contribution in [0.5, 0.6) is 0 Å². The molecule has 0 aromatic heterocycles. The first-order valence-corrected chi connectivity index (χ1v) is 12.1. The Morgan fingerprint density at radius 3 is 1.86 bits per heavy atom. The summed E-state index contributed by atoms with van der Waals surface area (Å²) >= 11 is 0. The van der Waals surface area contributed by atoms with Crippen LogP contribution in [0.3, 0.4) is 0 Å². The zero-order valence-electron chi connectivity index (χ0n) is 18.6. The maximum Gasteiger partial charge on any atom is 0.117 e. The van der Waals surface area contributed by atoms with Crippen molar-refractivity contribution in [3.05, 3.63) is 12.3 Å². The van der Waals surface area contributed by atoms with Crippen molar-refractivity contribution in [1.82, 2.24) is 0 Å². The Hall–Kier alpha value is -0.620. The molecule has 0 amide bonds. The van der Waals surface area contributed by atoms with Crippen molar-refractivity contribution >= 4 is 0 Å².